The van der Waals surface area contributed by atoms with E-state index in [1.165, 1.54) is 28.7 Å². The summed E-state index contributed by atoms with van der Waals surface area (Å²) in [5.74, 6) is 1.33. The van der Waals surface area contributed by atoms with Gasteiger partial charge in [0.15, 0.2) is 0 Å². The van der Waals surface area contributed by atoms with Gasteiger partial charge in [-0.15, -0.1) is 0 Å². The smallest absolute Gasteiger partial charge is 0.00115 e. The summed E-state index contributed by atoms with van der Waals surface area (Å²) in [6, 6.07) is 17.8. The van der Waals surface area contributed by atoms with Crippen LogP contribution in [0.1, 0.15) is 41.5 Å². The zero-order valence-corrected chi connectivity index (χ0v) is 14.3. The molecule has 1 fully saturated rings. The van der Waals surface area contributed by atoms with Gasteiger partial charge in [-0.2, -0.15) is 0 Å². The third-order valence-electron chi connectivity index (χ3n) is 5.07. The Morgan fingerprint density at radius 3 is 2.70 bits per heavy atom. The third kappa shape index (κ3) is 3.73. The van der Waals surface area contributed by atoms with Crippen LogP contribution in [0.2, 0.25) is 0 Å². The van der Waals surface area contributed by atoms with Crippen LogP contribution in [0.3, 0.4) is 0 Å². The van der Waals surface area contributed by atoms with E-state index < -0.39 is 0 Å². The molecule has 0 bridgehead atoms. The average molecular weight is 305 g/mol. The number of rotatable bonds is 4. The molecule has 120 valence electrons. The molecule has 1 heterocycles. The van der Waals surface area contributed by atoms with Crippen molar-refractivity contribution in [1.82, 2.24) is 5.32 Å². The van der Waals surface area contributed by atoms with E-state index in [2.05, 4.69) is 79.8 Å². The highest BCUT2D eigenvalue weighted by Crippen LogP contribution is 2.33. The predicted octanol–water partition coefficient (Wildman–Crippen LogP) is 4.96. The Labute approximate surface area is 140 Å². The number of allylic oxidation sites excluding steroid dienone is 1. The maximum absolute atomic E-state index is 3.60. The van der Waals surface area contributed by atoms with Gasteiger partial charge in [0, 0.05) is 0 Å². The van der Waals surface area contributed by atoms with Gasteiger partial charge in [0.2, 0.25) is 0 Å². The number of hydrogen-bond acceptors (Lipinski definition) is 1. The summed E-state index contributed by atoms with van der Waals surface area (Å²) in [4.78, 5) is 0. The molecule has 23 heavy (non-hydrogen) atoms. The second-order valence-corrected chi connectivity index (χ2v) is 6.62. The molecule has 0 aliphatic carbocycles. The van der Waals surface area contributed by atoms with Crippen molar-refractivity contribution < 1.29 is 0 Å². The highest BCUT2D eigenvalue weighted by molar-refractivity contribution is 5.57. The van der Waals surface area contributed by atoms with Gasteiger partial charge < -0.3 is 5.32 Å². The van der Waals surface area contributed by atoms with E-state index in [1.54, 1.807) is 0 Å². The summed E-state index contributed by atoms with van der Waals surface area (Å²) < 4.78 is 0. The van der Waals surface area contributed by atoms with Crippen LogP contribution in [0.4, 0.5) is 0 Å². The molecule has 1 saturated heterocycles. The first-order valence-corrected chi connectivity index (χ1v) is 8.76. The summed E-state index contributed by atoms with van der Waals surface area (Å²) in [7, 11) is 0. The van der Waals surface area contributed by atoms with Gasteiger partial charge in [-0.3, -0.25) is 0 Å². The van der Waals surface area contributed by atoms with E-state index in [4.69, 9.17) is 0 Å². The van der Waals surface area contributed by atoms with Gasteiger partial charge >= 0.3 is 0 Å². The van der Waals surface area contributed by atoms with Crippen LogP contribution in [-0.4, -0.2) is 13.1 Å². The molecule has 1 N–H and O–H groups in total. The molecule has 0 amide bonds. The van der Waals surface area contributed by atoms with Crippen LogP contribution in [0.25, 0.3) is 6.08 Å². The first-order valence-electron chi connectivity index (χ1n) is 8.76. The molecule has 1 heteroatoms. The monoisotopic (exact) mass is 305 g/mol. The zero-order chi connectivity index (χ0) is 16.1. The summed E-state index contributed by atoms with van der Waals surface area (Å²) >= 11 is 0. The van der Waals surface area contributed by atoms with Crippen molar-refractivity contribution in [2.45, 2.75) is 32.6 Å². The Bertz CT molecular complexity index is 657. The number of benzene rings is 2. The maximum Gasteiger partial charge on any atom is -0.00115 e. The first-order chi connectivity index (χ1) is 11.3. The topological polar surface area (TPSA) is 12.0 Å². The molecule has 1 nitrogen and oxygen atoms in total. The Morgan fingerprint density at radius 1 is 1.09 bits per heavy atom. The van der Waals surface area contributed by atoms with Crippen LogP contribution < -0.4 is 5.32 Å². The minimum Gasteiger partial charge on any atom is -0.316 e. The van der Waals surface area contributed by atoms with E-state index in [0.29, 0.717) is 11.8 Å². The third-order valence-corrected chi connectivity index (χ3v) is 5.07. The highest BCUT2D eigenvalue weighted by Gasteiger charge is 2.26. The van der Waals surface area contributed by atoms with Crippen LogP contribution in [0, 0.1) is 12.8 Å². The van der Waals surface area contributed by atoms with Crippen LogP contribution in [-0.2, 0) is 6.42 Å². The molecule has 1 aliphatic heterocycles. The van der Waals surface area contributed by atoms with E-state index in [0.717, 1.165) is 19.5 Å². The molecule has 2 unspecified atom stereocenters. The minimum atomic E-state index is 0.663. The molecule has 2 atom stereocenters. The van der Waals surface area contributed by atoms with Gasteiger partial charge in [-0.05, 0) is 73.9 Å². The zero-order valence-electron chi connectivity index (χ0n) is 14.3. The SMILES string of the molecule is C/C=C\c1c(C)cccc1CC1CNCCC1c1ccccc1. The lowest BCUT2D eigenvalue weighted by Gasteiger charge is -2.33. The average Bonchev–Trinajstić information content (AvgIpc) is 2.59. The molecule has 0 spiro atoms. The Balaban J connectivity index is 1.87. The molecule has 3 rings (SSSR count). The molecule has 2 aromatic rings. The van der Waals surface area contributed by atoms with E-state index in [1.807, 2.05) is 0 Å². The van der Waals surface area contributed by atoms with Gasteiger partial charge in [-0.25, -0.2) is 0 Å². The lowest BCUT2D eigenvalue weighted by molar-refractivity contribution is 0.324. The fourth-order valence-corrected chi connectivity index (χ4v) is 3.88. The number of piperidine rings is 1. The quantitative estimate of drug-likeness (QED) is 0.841. The number of hydrogen-bond donors (Lipinski definition) is 1. The van der Waals surface area contributed by atoms with Gasteiger partial charge in [0.25, 0.3) is 0 Å². The molecular formula is C22H27N. The van der Waals surface area contributed by atoms with Gasteiger partial charge in [-0.1, -0.05) is 60.7 Å². The fourth-order valence-electron chi connectivity index (χ4n) is 3.88. The molecule has 0 saturated carbocycles. The molecule has 1 aliphatic rings. The van der Waals surface area contributed by atoms with Crippen molar-refractivity contribution in [1.29, 1.82) is 0 Å². The van der Waals surface area contributed by atoms with Crippen LogP contribution in [0.5, 0.6) is 0 Å². The highest BCUT2D eigenvalue weighted by atomic mass is 14.9. The van der Waals surface area contributed by atoms with E-state index >= 15 is 0 Å². The van der Waals surface area contributed by atoms with Gasteiger partial charge in [0.1, 0.15) is 0 Å². The Kier molecular flexibility index (Phi) is 5.30. The molecule has 2 aromatic carbocycles. The van der Waals surface area contributed by atoms with E-state index in [-0.39, 0.29) is 0 Å². The maximum atomic E-state index is 3.60. The first kappa shape index (κ1) is 16.0. The summed E-state index contributed by atoms with van der Waals surface area (Å²) in [5.41, 5.74) is 5.77. The van der Waals surface area contributed by atoms with Gasteiger partial charge in [0.05, 0.1) is 0 Å². The van der Waals surface area contributed by atoms with Crippen molar-refractivity contribution in [3.63, 3.8) is 0 Å². The molecule has 0 radical (unpaired) electrons. The number of nitrogens with one attached hydrogen (secondary N) is 1. The Morgan fingerprint density at radius 2 is 1.91 bits per heavy atom. The van der Waals surface area contributed by atoms with Crippen molar-refractivity contribution in [3.05, 3.63) is 76.9 Å². The van der Waals surface area contributed by atoms with Crippen LogP contribution in [0.15, 0.2) is 54.6 Å². The molecule has 0 aromatic heterocycles. The second-order valence-electron chi connectivity index (χ2n) is 6.62. The summed E-state index contributed by atoms with van der Waals surface area (Å²) in [6.45, 7) is 6.56. The summed E-state index contributed by atoms with van der Waals surface area (Å²) in [5, 5.41) is 3.60. The lowest BCUT2D eigenvalue weighted by Crippen LogP contribution is -2.36. The normalized spacial score (nSPS) is 21.7. The minimum absolute atomic E-state index is 0.663. The van der Waals surface area contributed by atoms with Crippen molar-refractivity contribution in [2.75, 3.05) is 13.1 Å². The molecular weight excluding hydrogens is 278 g/mol. The van der Waals surface area contributed by atoms with Crippen molar-refractivity contribution >= 4 is 6.08 Å². The predicted molar refractivity (Wildman–Crippen MR) is 99.8 cm³/mol. The largest absolute Gasteiger partial charge is 0.316 e. The van der Waals surface area contributed by atoms with Crippen molar-refractivity contribution in [3.8, 4) is 0 Å². The van der Waals surface area contributed by atoms with Crippen LogP contribution >= 0.6 is 0 Å². The van der Waals surface area contributed by atoms with E-state index in [9.17, 15) is 0 Å². The standard InChI is InChI=1S/C22H27N/c1-3-8-21-17(2)9-7-12-19(21)15-20-16-23-14-13-22(20)18-10-5-4-6-11-18/h3-12,20,22-23H,13-16H2,1-2H3/b8-3-. The second kappa shape index (κ2) is 7.61. The fraction of sp³-hybridized carbons (Fsp3) is 0.364. The van der Waals surface area contributed by atoms with Crippen molar-refractivity contribution in [2.24, 2.45) is 5.92 Å². The lowest BCUT2D eigenvalue weighted by atomic mass is 9.77. The summed E-state index contributed by atoms with van der Waals surface area (Å²) in [6.07, 6.45) is 6.80. The number of aryl methyl sites for hydroxylation is 1. The Hall–Kier alpha value is -1.86.